The molecule has 0 heterocycles. The molecule has 6 heteroatoms. The Morgan fingerprint density at radius 2 is 2.17 bits per heavy atom. The first-order valence-corrected chi connectivity index (χ1v) is 8.49. The number of hydrogen-bond acceptors (Lipinski definition) is 2. The number of aliphatic imine (C=N–C) groups is 1. The Hall–Kier alpha value is -1.75. The molecule has 1 saturated carbocycles. The minimum absolute atomic E-state index is 0.164. The Morgan fingerprint density at radius 3 is 2.83 bits per heavy atom. The topological polar surface area (TPSA) is 56.7 Å². The molecule has 1 aromatic rings. The van der Waals surface area contributed by atoms with Crippen molar-refractivity contribution in [1.29, 1.82) is 0 Å². The molecule has 0 aliphatic heterocycles. The Kier molecular flexibility index (Phi) is 6.71. The van der Waals surface area contributed by atoms with E-state index in [4.69, 9.17) is 11.6 Å². The van der Waals surface area contributed by atoms with E-state index in [0.29, 0.717) is 13.1 Å². The first-order chi connectivity index (χ1) is 11.1. The van der Waals surface area contributed by atoms with Crippen molar-refractivity contribution in [1.82, 2.24) is 15.5 Å². The Morgan fingerprint density at radius 1 is 1.39 bits per heavy atom. The normalized spacial score (nSPS) is 14.5. The van der Waals surface area contributed by atoms with Crippen molar-refractivity contribution in [3.05, 3.63) is 34.9 Å². The van der Waals surface area contributed by atoms with Crippen molar-refractivity contribution < 1.29 is 4.79 Å². The fourth-order valence-electron chi connectivity index (χ4n) is 2.28. The van der Waals surface area contributed by atoms with Crippen LogP contribution in [0.1, 0.15) is 25.3 Å². The molecule has 1 aliphatic rings. The van der Waals surface area contributed by atoms with Gasteiger partial charge in [-0.3, -0.25) is 9.79 Å². The van der Waals surface area contributed by atoms with Gasteiger partial charge in [0.2, 0.25) is 5.91 Å². The number of amides is 1. The number of benzene rings is 1. The number of nitrogens with one attached hydrogen (secondary N) is 2. The van der Waals surface area contributed by atoms with Crippen LogP contribution in [-0.4, -0.2) is 43.4 Å². The Balaban J connectivity index is 1.84. The number of hydrogen-bond donors (Lipinski definition) is 2. The van der Waals surface area contributed by atoms with Gasteiger partial charge in [-0.15, -0.1) is 0 Å². The standard InChI is InChI=1S/C17H25ClN4O/c1-3-19-17(21-10-9-20-16(23)14-7-8-14)22(2)12-13-5-4-6-15(18)11-13/h4-6,11,14H,3,7-10,12H2,1-2H3,(H,19,21)(H,20,23). The lowest BCUT2D eigenvalue weighted by Crippen LogP contribution is -2.39. The smallest absolute Gasteiger partial charge is 0.223 e. The van der Waals surface area contributed by atoms with Gasteiger partial charge in [0.25, 0.3) is 0 Å². The summed E-state index contributed by atoms with van der Waals surface area (Å²) < 4.78 is 0. The lowest BCUT2D eigenvalue weighted by atomic mass is 10.2. The molecule has 0 unspecified atom stereocenters. The first kappa shape index (κ1) is 17.6. The number of carbonyl (C=O) groups excluding carboxylic acids is 1. The number of halogens is 1. The van der Waals surface area contributed by atoms with Crippen LogP contribution in [0.4, 0.5) is 0 Å². The molecular formula is C17H25ClN4O. The largest absolute Gasteiger partial charge is 0.357 e. The number of nitrogens with zero attached hydrogens (tertiary/aromatic N) is 2. The third-order valence-electron chi connectivity index (χ3n) is 3.63. The second kappa shape index (κ2) is 8.77. The van der Waals surface area contributed by atoms with Crippen molar-refractivity contribution in [2.45, 2.75) is 26.3 Å². The monoisotopic (exact) mass is 336 g/mol. The molecule has 1 aliphatic carbocycles. The second-order valence-electron chi connectivity index (χ2n) is 5.79. The highest BCUT2D eigenvalue weighted by atomic mass is 35.5. The molecule has 0 bridgehead atoms. The fraction of sp³-hybridized carbons (Fsp3) is 0.529. The minimum atomic E-state index is 0.164. The molecule has 126 valence electrons. The first-order valence-electron chi connectivity index (χ1n) is 8.11. The van der Waals surface area contributed by atoms with E-state index < -0.39 is 0 Å². The minimum Gasteiger partial charge on any atom is -0.357 e. The van der Waals surface area contributed by atoms with E-state index in [-0.39, 0.29) is 11.8 Å². The van der Waals surface area contributed by atoms with Crippen molar-refractivity contribution in [3.63, 3.8) is 0 Å². The molecular weight excluding hydrogens is 312 g/mol. The van der Waals surface area contributed by atoms with Crippen LogP contribution in [-0.2, 0) is 11.3 Å². The van der Waals surface area contributed by atoms with Crippen LogP contribution in [0.25, 0.3) is 0 Å². The summed E-state index contributed by atoms with van der Waals surface area (Å²) in [7, 11) is 1.99. The third-order valence-corrected chi connectivity index (χ3v) is 3.86. The van der Waals surface area contributed by atoms with E-state index >= 15 is 0 Å². The van der Waals surface area contributed by atoms with Crippen molar-refractivity contribution in [2.24, 2.45) is 10.9 Å². The van der Waals surface area contributed by atoms with Gasteiger partial charge in [0.05, 0.1) is 6.54 Å². The van der Waals surface area contributed by atoms with E-state index in [0.717, 1.165) is 42.5 Å². The number of guanidine groups is 1. The average molecular weight is 337 g/mol. The fourth-order valence-corrected chi connectivity index (χ4v) is 2.50. The van der Waals surface area contributed by atoms with Gasteiger partial charge >= 0.3 is 0 Å². The maximum Gasteiger partial charge on any atom is 0.223 e. The van der Waals surface area contributed by atoms with Gasteiger partial charge in [-0.05, 0) is 37.5 Å². The second-order valence-corrected chi connectivity index (χ2v) is 6.22. The predicted molar refractivity (Wildman–Crippen MR) is 94.6 cm³/mol. The molecule has 1 fully saturated rings. The van der Waals surface area contributed by atoms with Gasteiger partial charge < -0.3 is 15.5 Å². The zero-order valence-corrected chi connectivity index (χ0v) is 14.6. The molecule has 0 spiro atoms. The Bertz CT molecular complexity index is 557. The average Bonchev–Trinajstić information content (AvgIpc) is 3.35. The molecule has 23 heavy (non-hydrogen) atoms. The molecule has 0 saturated heterocycles. The summed E-state index contributed by atoms with van der Waals surface area (Å²) in [5.41, 5.74) is 1.13. The van der Waals surface area contributed by atoms with E-state index in [1.54, 1.807) is 0 Å². The lowest BCUT2D eigenvalue weighted by molar-refractivity contribution is -0.122. The van der Waals surface area contributed by atoms with Crippen molar-refractivity contribution in [3.8, 4) is 0 Å². The summed E-state index contributed by atoms with van der Waals surface area (Å²) >= 11 is 6.03. The summed E-state index contributed by atoms with van der Waals surface area (Å²) in [5, 5.41) is 6.94. The number of carbonyl (C=O) groups is 1. The maximum absolute atomic E-state index is 11.6. The lowest BCUT2D eigenvalue weighted by Gasteiger charge is -2.22. The molecule has 0 radical (unpaired) electrons. The summed E-state index contributed by atoms with van der Waals surface area (Å²) in [6, 6.07) is 7.81. The van der Waals surface area contributed by atoms with Crippen molar-refractivity contribution in [2.75, 3.05) is 26.7 Å². The van der Waals surface area contributed by atoms with E-state index in [1.807, 2.05) is 38.2 Å². The maximum atomic E-state index is 11.6. The van der Waals surface area contributed by atoms with Gasteiger partial charge in [-0.25, -0.2) is 0 Å². The van der Waals surface area contributed by atoms with Crippen LogP contribution in [0.15, 0.2) is 29.3 Å². The predicted octanol–water partition coefficient (Wildman–Crippen LogP) is 2.26. The van der Waals surface area contributed by atoms with E-state index in [9.17, 15) is 4.79 Å². The van der Waals surface area contributed by atoms with Gasteiger partial charge in [0, 0.05) is 37.6 Å². The third kappa shape index (κ3) is 6.10. The molecule has 0 aromatic heterocycles. The van der Waals surface area contributed by atoms with Crippen molar-refractivity contribution >= 4 is 23.5 Å². The summed E-state index contributed by atoms with van der Waals surface area (Å²) in [6.07, 6.45) is 2.06. The molecule has 1 aromatic carbocycles. The van der Waals surface area contributed by atoms with Gasteiger partial charge in [-0.2, -0.15) is 0 Å². The molecule has 2 rings (SSSR count). The summed E-state index contributed by atoms with van der Waals surface area (Å²) in [5.74, 6) is 1.24. The summed E-state index contributed by atoms with van der Waals surface area (Å²) in [6.45, 7) is 4.71. The highest BCUT2D eigenvalue weighted by molar-refractivity contribution is 6.30. The highest BCUT2D eigenvalue weighted by Crippen LogP contribution is 2.28. The SMILES string of the molecule is CCNC(=NCCNC(=O)C1CC1)N(C)Cc1cccc(Cl)c1. The number of rotatable bonds is 7. The van der Waals surface area contributed by atoms with Crippen LogP contribution in [0.5, 0.6) is 0 Å². The van der Waals surface area contributed by atoms with Crippen LogP contribution in [0.2, 0.25) is 5.02 Å². The zero-order valence-electron chi connectivity index (χ0n) is 13.8. The molecule has 5 nitrogen and oxygen atoms in total. The Labute approximate surface area is 143 Å². The quantitative estimate of drug-likeness (QED) is 0.456. The summed E-state index contributed by atoms with van der Waals surface area (Å²) in [4.78, 5) is 18.2. The van der Waals surface area contributed by atoms with Crippen LogP contribution >= 0.6 is 11.6 Å². The van der Waals surface area contributed by atoms with Crippen LogP contribution in [0, 0.1) is 5.92 Å². The molecule has 0 atom stereocenters. The zero-order chi connectivity index (χ0) is 16.7. The molecule has 1 amide bonds. The highest BCUT2D eigenvalue weighted by Gasteiger charge is 2.28. The molecule has 2 N–H and O–H groups in total. The van der Waals surface area contributed by atoms with E-state index in [1.165, 1.54) is 0 Å². The van der Waals surface area contributed by atoms with E-state index in [2.05, 4.69) is 20.5 Å². The van der Waals surface area contributed by atoms with Gasteiger partial charge in [-0.1, -0.05) is 23.7 Å². The van der Waals surface area contributed by atoms with Crippen LogP contribution in [0.3, 0.4) is 0 Å². The van der Waals surface area contributed by atoms with Crippen LogP contribution < -0.4 is 10.6 Å². The van der Waals surface area contributed by atoms with Gasteiger partial charge in [0.15, 0.2) is 5.96 Å². The van der Waals surface area contributed by atoms with Gasteiger partial charge in [0.1, 0.15) is 0 Å².